The summed E-state index contributed by atoms with van der Waals surface area (Å²) in [7, 11) is 0. The predicted octanol–water partition coefficient (Wildman–Crippen LogP) is 3.81. The summed E-state index contributed by atoms with van der Waals surface area (Å²) in [6, 6.07) is 0. The van der Waals surface area contributed by atoms with Gasteiger partial charge in [0.2, 0.25) is 5.91 Å². The number of hydrazone groups is 1. The Bertz CT molecular complexity index is 360. The molecule has 0 heterocycles. The zero-order valence-corrected chi connectivity index (χ0v) is 12.0. The molecule has 0 aromatic carbocycles. The molecule has 3 heteroatoms. The minimum atomic E-state index is 0.0809. The number of nitrogens with zero attached hydrogens (tertiary/aromatic N) is 1. The van der Waals surface area contributed by atoms with E-state index in [1.165, 1.54) is 37.8 Å². The molecular weight excluding hydrogens is 236 g/mol. The maximum absolute atomic E-state index is 11.6. The quantitative estimate of drug-likeness (QED) is 0.403. The number of carbonyl (C=O) groups is 1. The molecular formula is C16H26N2O. The zero-order chi connectivity index (χ0) is 13.5. The minimum absolute atomic E-state index is 0.0809. The lowest BCUT2D eigenvalue weighted by atomic mass is 9.74. The second-order valence-corrected chi connectivity index (χ2v) is 5.79. The summed E-state index contributed by atoms with van der Waals surface area (Å²) in [6.45, 7) is 2.22. The van der Waals surface area contributed by atoms with Gasteiger partial charge in [0.05, 0.1) is 0 Å². The molecule has 1 fully saturated rings. The van der Waals surface area contributed by atoms with Crippen LogP contribution in [0.25, 0.3) is 0 Å². The van der Waals surface area contributed by atoms with Crippen LogP contribution in [-0.2, 0) is 4.79 Å². The summed E-state index contributed by atoms with van der Waals surface area (Å²) < 4.78 is 0. The van der Waals surface area contributed by atoms with Crippen molar-refractivity contribution in [2.75, 3.05) is 0 Å². The maximum atomic E-state index is 11.6. The van der Waals surface area contributed by atoms with Gasteiger partial charge in [0.15, 0.2) is 0 Å². The highest BCUT2D eigenvalue weighted by molar-refractivity contribution is 5.94. The summed E-state index contributed by atoms with van der Waals surface area (Å²) in [5.41, 5.74) is 3.91. The van der Waals surface area contributed by atoms with Crippen LogP contribution in [0, 0.1) is 11.8 Å². The third-order valence-corrected chi connectivity index (χ3v) is 4.24. The van der Waals surface area contributed by atoms with Gasteiger partial charge in [-0.3, -0.25) is 4.79 Å². The third kappa shape index (κ3) is 4.19. The fraction of sp³-hybridized carbons (Fsp3) is 0.750. The van der Waals surface area contributed by atoms with Gasteiger partial charge in [-0.15, -0.1) is 0 Å². The normalized spacial score (nSPS) is 26.3. The van der Waals surface area contributed by atoms with Gasteiger partial charge in [-0.2, -0.15) is 5.10 Å². The monoisotopic (exact) mass is 262 g/mol. The van der Waals surface area contributed by atoms with Gasteiger partial charge in [0, 0.05) is 18.1 Å². The molecule has 2 atom stereocenters. The van der Waals surface area contributed by atoms with Crippen molar-refractivity contribution in [3.63, 3.8) is 0 Å². The van der Waals surface area contributed by atoms with Crippen LogP contribution in [0.3, 0.4) is 0 Å². The Kier molecular flexibility index (Phi) is 5.62. The first-order valence-corrected chi connectivity index (χ1v) is 7.83. The molecule has 19 heavy (non-hydrogen) atoms. The SMILES string of the molecule is CCCCCCCCC(=O)NN=C1CC2C=CCC12. The minimum Gasteiger partial charge on any atom is -0.273 e. The molecule has 0 saturated heterocycles. The molecule has 0 bridgehead atoms. The van der Waals surface area contributed by atoms with E-state index in [4.69, 9.17) is 0 Å². The Morgan fingerprint density at radius 2 is 2.11 bits per heavy atom. The van der Waals surface area contributed by atoms with Crippen molar-refractivity contribution in [1.29, 1.82) is 0 Å². The van der Waals surface area contributed by atoms with Crippen LogP contribution in [-0.4, -0.2) is 11.6 Å². The van der Waals surface area contributed by atoms with Gasteiger partial charge in [-0.1, -0.05) is 51.2 Å². The van der Waals surface area contributed by atoms with E-state index in [-0.39, 0.29) is 5.91 Å². The Morgan fingerprint density at radius 3 is 2.89 bits per heavy atom. The smallest absolute Gasteiger partial charge is 0.240 e. The number of fused-ring (bicyclic) bond motifs is 1. The average molecular weight is 262 g/mol. The topological polar surface area (TPSA) is 41.5 Å². The first kappa shape index (κ1) is 14.3. The van der Waals surface area contributed by atoms with E-state index in [2.05, 4.69) is 29.6 Å². The van der Waals surface area contributed by atoms with E-state index >= 15 is 0 Å². The maximum Gasteiger partial charge on any atom is 0.240 e. The number of hydrogen-bond donors (Lipinski definition) is 1. The van der Waals surface area contributed by atoms with Crippen molar-refractivity contribution < 1.29 is 4.79 Å². The second-order valence-electron chi connectivity index (χ2n) is 5.79. The van der Waals surface area contributed by atoms with E-state index < -0.39 is 0 Å². The molecule has 0 aromatic heterocycles. The highest BCUT2D eigenvalue weighted by Gasteiger charge is 2.37. The lowest BCUT2D eigenvalue weighted by molar-refractivity contribution is -0.121. The molecule has 1 amide bonds. The van der Waals surface area contributed by atoms with Gasteiger partial charge in [-0.05, 0) is 25.2 Å². The van der Waals surface area contributed by atoms with Crippen LogP contribution in [0.4, 0.5) is 0 Å². The van der Waals surface area contributed by atoms with Crippen molar-refractivity contribution in [1.82, 2.24) is 5.43 Å². The Morgan fingerprint density at radius 1 is 1.32 bits per heavy atom. The van der Waals surface area contributed by atoms with Gasteiger partial charge in [-0.25, -0.2) is 5.43 Å². The van der Waals surface area contributed by atoms with Crippen molar-refractivity contribution >= 4 is 11.6 Å². The third-order valence-electron chi connectivity index (χ3n) is 4.24. The van der Waals surface area contributed by atoms with Crippen LogP contribution in [0.2, 0.25) is 0 Å². The van der Waals surface area contributed by atoms with Crippen LogP contribution in [0.1, 0.15) is 64.7 Å². The summed E-state index contributed by atoms with van der Waals surface area (Å²) in [6.07, 6.45) is 14.6. The molecule has 106 valence electrons. The first-order chi connectivity index (χ1) is 9.31. The van der Waals surface area contributed by atoms with E-state index in [0.29, 0.717) is 18.3 Å². The Balaban J connectivity index is 1.52. The molecule has 2 aliphatic carbocycles. The van der Waals surface area contributed by atoms with E-state index in [9.17, 15) is 4.79 Å². The highest BCUT2D eigenvalue weighted by atomic mass is 16.2. The largest absolute Gasteiger partial charge is 0.273 e. The first-order valence-electron chi connectivity index (χ1n) is 7.83. The van der Waals surface area contributed by atoms with Crippen molar-refractivity contribution in [3.05, 3.63) is 12.2 Å². The molecule has 1 saturated carbocycles. The molecule has 3 nitrogen and oxygen atoms in total. The number of nitrogens with one attached hydrogen (secondary N) is 1. The number of allylic oxidation sites excluding steroid dienone is 2. The van der Waals surface area contributed by atoms with Crippen LogP contribution in [0.15, 0.2) is 17.3 Å². The molecule has 2 unspecified atom stereocenters. The highest BCUT2D eigenvalue weighted by Crippen LogP contribution is 2.39. The Labute approximate surface area is 116 Å². The number of unbranched alkanes of at least 4 members (excludes halogenated alkanes) is 5. The van der Waals surface area contributed by atoms with Crippen LogP contribution in [0.5, 0.6) is 0 Å². The average Bonchev–Trinajstić information content (AvgIpc) is 2.75. The van der Waals surface area contributed by atoms with Gasteiger partial charge in [0.1, 0.15) is 0 Å². The number of hydrogen-bond acceptors (Lipinski definition) is 2. The predicted molar refractivity (Wildman–Crippen MR) is 78.9 cm³/mol. The van der Waals surface area contributed by atoms with E-state index in [0.717, 1.165) is 19.3 Å². The molecule has 1 N–H and O–H groups in total. The molecule has 0 spiro atoms. The molecule has 2 aliphatic rings. The molecule has 0 aliphatic heterocycles. The van der Waals surface area contributed by atoms with Crippen molar-refractivity contribution in [2.24, 2.45) is 16.9 Å². The van der Waals surface area contributed by atoms with Crippen LogP contribution >= 0.6 is 0 Å². The van der Waals surface area contributed by atoms with E-state index in [1.807, 2.05) is 0 Å². The second kappa shape index (κ2) is 7.46. The summed E-state index contributed by atoms with van der Waals surface area (Å²) in [4.78, 5) is 11.6. The summed E-state index contributed by atoms with van der Waals surface area (Å²) in [5.74, 6) is 1.38. The van der Waals surface area contributed by atoms with Gasteiger partial charge in [0.25, 0.3) is 0 Å². The summed E-state index contributed by atoms with van der Waals surface area (Å²) in [5, 5.41) is 4.28. The lowest BCUT2D eigenvalue weighted by Gasteiger charge is -2.31. The van der Waals surface area contributed by atoms with Gasteiger partial charge >= 0.3 is 0 Å². The number of carbonyl (C=O) groups excluding carboxylic acids is 1. The van der Waals surface area contributed by atoms with Crippen LogP contribution < -0.4 is 5.43 Å². The molecule has 0 radical (unpaired) electrons. The van der Waals surface area contributed by atoms with E-state index in [1.54, 1.807) is 0 Å². The van der Waals surface area contributed by atoms with Gasteiger partial charge < -0.3 is 0 Å². The molecule has 0 aromatic rings. The standard InChI is InChI=1S/C16H26N2O/c1-2-3-4-5-6-7-11-16(19)18-17-15-12-13-9-8-10-14(13)15/h8-9,13-14H,2-7,10-12H2,1H3,(H,18,19). The van der Waals surface area contributed by atoms with Crippen molar-refractivity contribution in [2.45, 2.75) is 64.7 Å². The Hall–Kier alpha value is -1.12. The lowest BCUT2D eigenvalue weighted by Crippen LogP contribution is -2.35. The fourth-order valence-electron chi connectivity index (χ4n) is 2.92. The zero-order valence-electron chi connectivity index (χ0n) is 12.0. The number of rotatable bonds is 8. The summed E-state index contributed by atoms with van der Waals surface area (Å²) >= 11 is 0. The molecule has 2 rings (SSSR count). The van der Waals surface area contributed by atoms with Crippen molar-refractivity contribution in [3.8, 4) is 0 Å². The number of amides is 1. The fourth-order valence-corrected chi connectivity index (χ4v) is 2.92.